The highest BCUT2D eigenvalue weighted by atomic mass is 16.5. The van der Waals surface area contributed by atoms with E-state index in [0.29, 0.717) is 38.4 Å². The van der Waals surface area contributed by atoms with E-state index in [0.717, 1.165) is 39.3 Å². The second-order valence-electron chi connectivity index (χ2n) is 5.52. The smallest absolute Gasteiger partial charge is 0.0701 e. The molecule has 1 N–H and O–H groups in total. The van der Waals surface area contributed by atoms with E-state index >= 15 is 0 Å². The second-order valence-corrected chi connectivity index (χ2v) is 5.52. The summed E-state index contributed by atoms with van der Waals surface area (Å²) in [6.45, 7) is 11.3. The zero-order valence-electron chi connectivity index (χ0n) is 13.8. The Labute approximate surface area is 129 Å². The van der Waals surface area contributed by atoms with Gasteiger partial charge in [-0.1, -0.05) is 13.3 Å². The van der Waals surface area contributed by atoms with Gasteiger partial charge in [0.15, 0.2) is 0 Å². The molecule has 21 heavy (non-hydrogen) atoms. The van der Waals surface area contributed by atoms with Crippen molar-refractivity contribution in [3.8, 4) is 0 Å². The standard InChI is InChI=1S/C16H33NO4/c1-3-4-7-18-10-12-20-13-11-19-9-6-17-14-16-5-8-21-15(16)2/h15-17H,3-14H2,1-2H3. The van der Waals surface area contributed by atoms with E-state index < -0.39 is 0 Å². The number of ether oxygens (including phenoxy) is 4. The first-order chi connectivity index (χ1) is 10.3. The van der Waals surface area contributed by atoms with Crippen LogP contribution in [0.1, 0.15) is 33.1 Å². The predicted octanol–water partition coefficient (Wildman–Crippen LogP) is 1.85. The van der Waals surface area contributed by atoms with Gasteiger partial charge < -0.3 is 24.3 Å². The van der Waals surface area contributed by atoms with Gasteiger partial charge in [0.25, 0.3) is 0 Å². The molecule has 5 nitrogen and oxygen atoms in total. The molecule has 1 saturated heterocycles. The molecule has 2 atom stereocenters. The van der Waals surface area contributed by atoms with Crippen LogP contribution in [0.3, 0.4) is 0 Å². The fourth-order valence-electron chi connectivity index (χ4n) is 2.26. The highest BCUT2D eigenvalue weighted by molar-refractivity contribution is 4.74. The molecule has 0 aliphatic carbocycles. The third kappa shape index (κ3) is 10.2. The van der Waals surface area contributed by atoms with Gasteiger partial charge in [0.2, 0.25) is 0 Å². The molecule has 0 spiro atoms. The Balaban J connectivity index is 1.71. The summed E-state index contributed by atoms with van der Waals surface area (Å²) >= 11 is 0. The van der Waals surface area contributed by atoms with Gasteiger partial charge in [0, 0.05) is 26.3 Å². The molecule has 126 valence electrons. The molecule has 1 fully saturated rings. The number of unbranched alkanes of at least 4 members (excludes halogenated alkanes) is 1. The molecule has 5 heteroatoms. The van der Waals surface area contributed by atoms with Crippen LogP contribution in [0.25, 0.3) is 0 Å². The first-order valence-electron chi connectivity index (χ1n) is 8.40. The Morgan fingerprint density at radius 1 is 1.00 bits per heavy atom. The van der Waals surface area contributed by atoms with Gasteiger partial charge in [-0.2, -0.15) is 0 Å². The summed E-state index contributed by atoms with van der Waals surface area (Å²) in [5.74, 6) is 0.654. The number of nitrogens with one attached hydrogen (secondary N) is 1. The molecule has 0 bridgehead atoms. The van der Waals surface area contributed by atoms with Crippen LogP contribution in [-0.2, 0) is 18.9 Å². The summed E-state index contributed by atoms with van der Waals surface area (Å²) in [6, 6.07) is 0. The SMILES string of the molecule is CCCCOCCOCCOCCNCC1CCOC1C. The Bertz CT molecular complexity index is 228. The molecule has 0 aromatic heterocycles. The van der Waals surface area contributed by atoms with Crippen molar-refractivity contribution in [3.05, 3.63) is 0 Å². The van der Waals surface area contributed by atoms with Gasteiger partial charge >= 0.3 is 0 Å². The highest BCUT2D eigenvalue weighted by Gasteiger charge is 2.23. The summed E-state index contributed by atoms with van der Waals surface area (Å²) in [6.07, 6.45) is 3.87. The van der Waals surface area contributed by atoms with Crippen LogP contribution in [0, 0.1) is 5.92 Å². The topological polar surface area (TPSA) is 49.0 Å². The molecule has 1 rings (SSSR count). The van der Waals surface area contributed by atoms with E-state index in [1.807, 2.05) is 0 Å². The molecule has 0 radical (unpaired) electrons. The summed E-state index contributed by atoms with van der Waals surface area (Å²) < 4.78 is 21.9. The molecule has 1 heterocycles. The molecule has 0 saturated carbocycles. The fourth-order valence-corrected chi connectivity index (χ4v) is 2.26. The molecule has 0 amide bonds. The molecular weight excluding hydrogens is 270 g/mol. The maximum atomic E-state index is 5.53. The number of hydrogen-bond donors (Lipinski definition) is 1. The van der Waals surface area contributed by atoms with E-state index in [4.69, 9.17) is 18.9 Å². The molecule has 0 aromatic rings. The van der Waals surface area contributed by atoms with E-state index in [1.165, 1.54) is 12.8 Å². The van der Waals surface area contributed by atoms with Crippen LogP contribution in [0.5, 0.6) is 0 Å². The molecule has 1 aliphatic heterocycles. The lowest BCUT2D eigenvalue weighted by Crippen LogP contribution is -2.29. The molecule has 0 aromatic carbocycles. The molecular formula is C16H33NO4. The first kappa shape index (κ1) is 18.8. The van der Waals surface area contributed by atoms with Crippen molar-refractivity contribution in [3.63, 3.8) is 0 Å². The Hall–Kier alpha value is -0.200. The minimum atomic E-state index is 0.395. The largest absolute Gasteiger partial charge is 0.379 e. The Morgan fingerprint density at radius 3 is 2.29 bits per heavy atom. The van der Waals surface area contributed by atoms with Crippen molar-refractivity contribution < 1.29 is 18.9 Å². The van der Waals surface area contributed by atoms with Crippen LogP contribution in [-0.4, -0.2) is 65.4 Å². The van der Waals surface area contributed by atoms with Crippen molar-refractivity contribution in [2.75, 3.05) is 59.3 Å². The third-order valence-corrected chi connectivity index (χ3v) is 3.75. The lowest BCUT2D eigenvalue weighted by molar-refractivity contribution is 0.0145. The van der Waals surface area contributed by atoms with Crippen molar-refractivity contribution in [2.24, 2.45) is 5.92 Å². The van der Waals surface area contributed by atoms with Gasteiger partial charge in [0.1, 0.15) is 0 Å². The minimum Gasteiger partial charge on any atom is -0.379 e. The van der Waals surface area contributed by atoms with Gasteiger partial charge in [-0.25, -0.2) is 0 Å². The summed E-state index contributed by atoms with van der Waals surface area (Å²) in [5.41, 5.74) is 0. The van der Waals surface area contributed by atoms with Crippen LogP contribution < -0.4 is 5.32 Å². The van der Waals surface area contributed by atoms with Gasteiger partial charge in [-0.05, 0) is 25.7 Å². The van der Waals surface area contributed by atoms with E-state index in [1.54, 1.807) is 0 Å². The lowest BCUT2D eigenvalue weighted by Gasteiger charge is -2.14. The number of rotatable bonds is 14. The van der Waals surface area contributed by atoms with Crippen molar-refractivity contribution in [1.29, 1.82) is 0 Å². The maximum Gasteiger partial charge on any atom is 0.0701 e. The summed E-state index contributed by atoms with van der Waals surface area (Å²) in [7, 11) is 0. The monoisotopic (exact) mass is 303 g/mol. The normalized spacial score (nSPS) is 22.0. The summed E-state index contributed by atoms with van der Waals surface area (Å²) in [5, 5.41) is 3.42. The van der Waals surface area contributed by atoms with E-state index in [9.17, 15) is 0 Å². The lowest BCUT2D eigenvalue weighted by atomic mass is 10.0. The van der Waals surface area contributed by atoms with Gasteiger partial charge in [0.05, 0.1) is 39.1 Å². The zero-order chi connectivity index (χ0) is 15.2. The van der Waals surface area contributed by atoms with Gasteiger partial charge in [-0.15, -0.1) is 0 Å². The van der Waals surface area contributed by atoms with Crippen molar-refractivity contribution in [2.45, 2.75) is 39.2 Å². The van der Waals surface area contributed by atoms with E-state index in [-0.39, 0.29) is 0 Å². The predicted molar refractivity (Wildman–Crippen MR) is 83.8 cm³/mol. The van der Waals surface area contributed by atoms with Crippen LogP contribution in [0.15, 0.2) is 0 Å². The average molecular weight is 303 g/mol. The minimum absolute atomic E-state index is 0.395. The highest BCUT2D eigenvalue weighted by Crippen LogP contribution is 2.18. The number of hydrogen-bond acceptors (Lipinski definition) is 5. The van der Waals surface area contributed by atoms with Crippen molar-refractivity contribution >= 4 is 0 Å². The Kier molecular flexibility index (Phi) is 12.1. The van der Waals surface area contributed by atoms with Crippen LogP contribution >= 0.6 is 0 Å². The second kappa shape index (κ2) is 13.5. The summed E-state index contributed by atoms with van der Waals surface area (Å²) in [4.78, 5) is 0. The van der Waals surface area contributed by atoms with Gasteiger partial charge in [-0.3, -0.25) is 0 Å². The average Bonchev–Trinajstić information content (AvgIpc) is 2.89. The quantitative estimate of drug-likeness (QED) is 0.496. The maximum absolute atomic E-state index is 5.53. The first-order valence-corrected chi connectivity index (χ1v) is 8.40. The zero-order valence-corrected chi connectivity index (χ0v) is 13.8. The molecule has 2 unspecified atom stereocenters. The fraction of sp³-hybridized carbons (Fsp3) is 1.00. The molecule has 1 aliphatic rings. The van der Waals surface area contributed by atoms with Crippen LogP contribution in [0.2, 0.25) is 0 Å². The Morgan fingerprint density at radius 2 is 1.67 bits per heavy atom. The van der Waals surface area contributed by atoms with Crippen LogP contribution in [0.4, 0.5) is 0 Å². The third-order valence-electron chi connectivity index (χ3n) is 3.75. The van der Waals surface area contributed by atoms with E-state index in [2.05, 4.69) is 19.2 Å². The van der Waals surface area contributed by atoms with Crippen molar-refractivity contribution in [1.82, 2.24) is 5.32 Å².